The Kier molecular flexibility index (Phi) is 3.85. The van der Waals surface area contributed by atoms with Gasteiger partial charge < -0.3 is 9.88 Å². The second kappa shape index (κ2) is 6.16. The summed E-state index contributed by atoms with van der Waals surface area (Å²) in [6.07, 6.45) is 2.18. The fraction of sp³-hybridized carbons (Fsp3) is 0.286. The average molecular weight is 318 g/mol. The number of rotatable bonds is 2. The summed E-state index contributed by atoms with van der Waals surface area (Å²) < 4.78 is 0. The van der Waals surface area contributed by atoms with E-state index in [4.69, 9.17) is 0 Å². The monoisotopic (exact) mass is 318 g/mol. The maximum Gasteiger partial charge on any atom is 0.253 e. The van der Waals surface area contributed by atoms with Gasteiger partial charge >= 0.3 is 0 Å². The first kappa shape index (κ1) is 15.0. The Hall–Kier alpha value is -2.55. The molecule has 0 saturated carbocycles. The van der Waals surface area contributed by atoms with E-state index in [1.807, 2.05) is 36.1 Å². The van der Waals surface area contributed by atoms with Gasteiger partial charge in [-0.05, 0) is 49.4 Å². The Morgan fingerprint density at radius 1 is 1.12 bits per heavy atom. The lowest BCUT2D eigenvalue weighted by atomic mass is 9.94. The van der Waals surface area contributed by atoms with Crippen molar-refractivity contribution in [2.75, 3.05) is 13.1 Å². The molecule has 1 amide bonds. The minimum atomic E-state index is 0.149. The Morgan fingerprint density at radius 2 is 1.92 bits per heavy atom. The Labute approximate surface area is 142 Å². The summed E-state index contributed by atoms with van der Waals surface area (Å²) in [6.45, 7) is 3.68. The maximum atomic E-state index is 12.8. The minimum absolute atomic E-state index is 0.149. The molecule has 4 rings (SSSR count). The van der Waals surface area contributed by atoms with Crippen molar-refractivity contribution in [2.24, 2.45) is 0 Å². The number of hydrogen-bond donors (Lipinski definition) is 1. The van der Waals surface area contributed by atoms with Crippen LogP contribution in [0.5, 0.6) is 0 Å². The summed E-state index contributed by atoms with van der Waals surface area (Å²) in [5, 5.41) is 1.24. The summed E-state index contributed by atoms with van der Waals surface area (Å²) >= 11 is 0. The molecular formula is C21H22N2O. The summed E-state index contributed by atoms with van der Waals surface area (Å²) in [6, 6.07) is 18.5. The number of aryl methyl sites for hydroxylation is 1. The van der Waals surface area contributed by atoms with E-state index in [0.717, 1.165) is 31.5 Å². The summed E-state index contributed by atoms with van der Waals surface area (Å²) in [5.74, 6) is 0.538. The highest BCUT2D eigenvalue weighted by Crippen LogP contribution is 2.29. The van der Waals surface area contributed by atoms with Gasteiger partial charge in [-0.25, -0.2) is 0 Å². The Morgan fingerprint density at radius 3 is 2.71 bits per heavy atom. The van der Waals surface area contributed by atoms with E-state index in [1.54, 1.807) is 0 Å². The fourth-order valence-corrected chi connectivity index (χ4v) is 3.61. The highest BCUT2D eigenvalue weighted by atomic mass is 16.2. The zero-order chi connectivity index (χ0) is 16.5. The molecule has 1 saturated heterocycles. The predicted molar refractivity (Wildman–Crippen MR) is 97.4 cm³/mol. The molecule has 1 aliphatic rings. The lowest BCUT2D eigenvalue weighted by molar-refractivity contribution is 0.0706. The van der Waals surface area contributed by atoms with Gasteiger partial charge in [0.1, 0.15) is 0 Å². The fourth-order valence-electron chi connectivity index (χ4n) is 3.61. The molecule has 1 aliphatic heterocycles. The maximum absolute atomic E-state index is 12.8. The van der Waals surface area contributed by atoms with Crippen LogP contribution in [0, 0.1) is 6.92 Å². The number of fused-ring (bicyclic) bond motifs is 1. The topological polar surface area (TPSA) is 36.1 Å². The third-order valence-corrected chi connectivity index (χ3v) is 5.00. The highest BCUT2D eigenvalue weighted by molar-refractivity contribution is 5.94. The second-order valence-electron chi connectivity index (χ2n) is 6.77. The van der Waals surface area contributed by atoms with Crippen LogP contribution < -0.4 is 0 Å². The predicted octanol–water partition coefficient (Wildman–Crippen LogP) is 4.50. The van der Waals surface area contributed by atoms with Crippen LogP contribution in [0.1, 0.15) is 40.4 Å². The molecule has 0 radical (unpaired) electrons. The molecule has 2 heterocycles. The standard InChI is InChI=1S/C21H22N2O/c1-15-8-10-16(11-9-15)21(24)23-12-4-6-18(14-23)20-13-17-5-2-3-7-19(17)22-20/h2-3,5,7-11,13,18,22H,4,6,12,14H2,1H3. The van der Waals surface area contributed by atoms with Gasteiger partial charge in [0, 0.05) is 35.8 Å². The van der Waals surface area contributed by atoms with Gasteiger partial charge in [0.15, 0.2) is 0 Å². The quantitative estimate of drug-likeness (QED) is 0.742. The van der Waals surface area contributed by atoms with Crippen molar-refractivity contribution < 1.29 is 4.79 Å². The van der Waals surface area contributed by atoms with E-state index in [9.17, 15) is 4.79 Å². The van der Waals surface area contributed by atoms with Crippen LogP contribution in [0.4, 0.5) is 0 Å². The number of H-pyrrole nitrogens is 1. The second-order valence-corrected chi connectivity index (χ2v) is 6.77. The summed E-state index contributed by atoms with van der Waals surface area (Å²) in [5.41, 5.74) is 4.39. The van der Waals surface area contributed by atoms with Crippen molar-refractivity contribution >= 4 is 16.8 Å². The number of benzene rings is 2. The number of amides is 1. The SMILES string of the molecule is Cc1ccc(C(=O)N2CCCC(c3cc4ccccc4[nH]3)C2)cc1. The van der Waals surface area contributed by atoms with Crippen molar-refractivity contribution in [3.8, 4) is 0 Å². The van der Waals surface area contributed by atoms with E-state index in [-0.39, 0.29) is 5.91 Å². The largest absolute Gasteiger partial charge is 0.358 e. The van der Waals surface area contributed by atoms with E-state index in [2.05, 4.69) is 35.3 Å². The number of carbonyl (C=O) groups is 1. The van der Waals surface area contributed by atoms with Crippen molar-refractivity contribution in [1.82, 2.24) is 9.88 Å². The van der Waals surface area contributed by atoms with Crippen molar-refractivity contribution in [3.05, 3.63) is 71.4 Å². The molecule has 3 aromatic rings. The number of carbonyl (C=O) groups excluding carboxylic acids is 1. The number of likely N-dealkylation sites (tertiary alicyclic amines) is 1. The van der Waals surface area contributed by atoms with Crippen molar-refractivity contribution in [2.45, 2.75) is 25.7 Å². The van der Waals surface area contributed by atoms with Gasteiger partial charge in [-0.3, -0.25) is 4.79 Å². The Bertz CT molecular complexity index is 830. The van der Waals surface area contributed by atoms with Gasteiger partial charge in [0.05, 0.1) is 0 Å². The number of para-hydroxylation sites is 1. The van der Waals surface area contributed by atoms with E-state index in [1.165, 1.54) is 22.2 Å². The molecule has 3 nitrogen and oxygen atoms in total. The van der Waals surface area contributed by atoms with Crippen LogP contribution in [0.2, 0.25) is 0 Å². The number of nitrogens with zero attached hydrogens (tertiary/aromatic N) is 1. The van der Waals surface area contributed by atoms with Crippen LogP contribution in [0.3, 0.4) is 0 Å². The molecule has 24 heavy (non-hydrogen) atoms. The summed E-state index contributed by atoms with van der Waals surface area (Å²) in [4.78, 5) is 18.3. The molecule has 3 heteroatoms. The van der Waals surface area contributed by atoms with Crippen LogP contribution in [0.25, 0.3) is 10.9 Å². The molecule has 122 valence electrons. The average Bonchev–Trinajstić information content (AvgIpc) is 3.06. The minimum Gasteiger partial charge on any atom is -0.358 e. The van der Waals surface area contributed by atoms with Gasteiger partial charge in [-0.15, -0.1) is 0 Å². The third kappa shape index (κ3) is 2.82. The molecule has 1 N–H and O–H groups in total. The molecule has 0 spiro atoms. The normalized spacial score (nSPS) is 18.0. The number of hydrogen-bond acceptors (Lipinski definition) is 1. The van der Waals surface area contributed by atoms with Gasteiger partial charge in [-0.1, -0.05) is 35.9 Å². The first-order chi connectivity index (χ1) is 11.7. The molecule has 1 aromatic heterocycles. The number of aromatic nitrogens is 1. The van der Waals surface area contributed by atoms with E-state index >= 15 is 0 Å². The first-order valence-corrected chi connectivity index (χ1v) is 8.64. The van der Waals surface area contributed by atoms with Gasteiger partial charge in [-0.2, -0.15) is 0 Å². The molecule has 2 aromatic carbocycles. The summed E-state index contributed by atoms with van der Waals surface area (Å²) in [7, 11) is 0. The zero-order valence-electron chi connectivity index (χ0n) is 14.0. The van der Waals surface area contributed by atoms with Crippen LogP contribution in [-0.2, 0) is 0 Å². The highest BCUT2D eigenvalue weighted by Gasteiger charge is 2.26. The molecule has 1 fully saturated rings. The zero-order valence-corrected chi connectivity index (χ0v) is 14.0. The van der Waals surface area contributed by atoms with Crippen molar-refractivity contribution in [1.29, 1.82) is 0 Å². The molecule has 1 unspecified atom stereocenters. The Balaban J connectivity index is 1.54. The molecule has 1 atom stereocenters. The number of aromatic amines is 1. The number of piperidine rings is 1. The lowest BCUT2D eigenvalue weighted by Gasteiger charge is -2.32. The van der Waals surface area contributed by atoms with Crippen LogP contribution in [0.15, 0.2) is 54.6 Å². The van der Waals surface area contributed by atoms with Gasteiger partial charge in [0.2, 0.25) is 0 Å². The first-order valence-electron chi connectivity index (χ1n) is 8.64. The van der Waals surface area contributed by atoms with E-state index < -0.39 is 0 Å². The van der Waals surface area contributed by atoms with Crippen LogP contribution >= 0.6 is 0 Å². The molecule has 0 aliphatic carbocycles. The van der Waals surface area contributed by atoms with E-state index in [0.29, 0.717) is 5.92 Å². The van der Waals surface area contributed by atoms with Crippen LogP contribution in [-0.4, -0.2) is 28.9 Å². The van der Waals surface area contributed by atoms with Gasteiger partial charge in [0.25, 0.3) is 5.91 Å². The lowest BCUT2D eigenvalue weighted by Crippen LogP contribution is -2.39. The van der Waals surface area contributed by atoms with Crippen molar-refractivity contribution in [3.63, 3.8) is 0 Å². The smallest absolute Gasteiger partial charge is 0.253 e. The third-order valence-electron chi connectivity index (χ3n) is 5.00. The molecular weight excluding hydrogens is 296 g/mol. The number of nitrogens with one attached hydrogen (secondary N) is 1. The molecule has 0 bridgehead atoms.